The fraction of sp³-hybridized carbons (Fsp3) is 0.455. The maximum absolute atomic E-state index is 11.9. The zero-order chi connectivity index (χ0) is 19.2. The molecule has 0 aromatic carbocycles. The van der Waals surface area contributed by atoms with E-state index in [2.05, 4.69) is 19.1 Å². The number of ketones is 1. The van der Waals surface area contributed by atoms with Crippen molar-refractivity contribution < 1.29 is 19.8 Å². The molecule has 0 bridgehead atoms. The van der Waals surface area contributed by atoms with E-state index >= 15 is 0 Å². The predicted octanol–water partition coefficient (Wildman–Crippen LogP) is 4.39. The predicted molar refractivity (Wildman–Crippen MR) is 105 cm³/mol. The van der Waals surface area contributed by atoms with Crippen LogP contribution in [-0.4, -0.2) is 28.1 Å². The molecule has 0 saturated heterocycles. The summed E-state index contributed by atoms with van der Waals surface area (Å²) >= 11 is 0. The Morgan fingerprint density at radius 3 is 2.69 bits per heavy atom. The van der Waals surface area contributed by atoms with Gasteiger partial charge >= 0.3 is 5.97 Å². The number of rotatable bonds is 12. The van der Waals surface area contributed by atoms with Gasteiger partial charge in [-0.2, -0.15) is 0 Å². The van der Waals surface area contributed by atoms with Crippen LogP contribution in [-0.2, 0) is 9.59 Å². The SMILES string of the molecule is CC/C=C\C[C@@H]1C(=O)C=C[C@H]1/C=C/[C@H](O)C/C=C\C/C=C\CCC(=O)O. The van der Waals surface area contributed by atoms with Gasteiger partial charge in [0.1, 0.15) is 0 Å². The van der Waals surface area contributed by atoms with Gasteiger partial charge in [0.2, 0.25) is 0 Å². The van der Waals surface area contributed by atoms with Gasteiger partial charge in [0.25, 0.3) is 0 Å². The van der Waals surface area contributed by atoms with Crippen LogP contribution < -0.4 is 0 Å². The molecule has 0 aromatic heterocycles. The Hall–Kier alpha value is -2.20. The van der Waals surface area contributed by atoms with E-state index in [0.29, 0.717) is 12.8 Å². The second-order valence-corrected chi connectivity index (χ2v) is 6.36. The van der Waals surface area contributed by atoms with Crippen LogP contribution in [0, 0.1) is 11.8 Å². The quantitative estimate of drug-likeness (QED) is 0.507. The number of carbonyl (C=O) groups excluding carboxylic acids is 1. The van der Waals surface area contributed by atoms with Crippen LogP contribution in [0.4, 0.5) is 0 Å². The van der Waals surface area contributed by atoms with E-state index in [4.69, 9.17) is 5.11 Å². The minimum Gasteiger partial charge on any atom is -0.481 e. The number of carbonyl (C=O) groups is 2. The van der Waals surface area contributed by atoms with Gasteiger partial charge in [-0.25, -0.2) is 0 Å². The highest BCUT2D eigenvalue weighted by molar-refractivity contribution is 5.95. The Kier molecular flexibility index (Phi) is 11.0. The lowest BCUT2D eigenvalue weighted by Gasteiger charge is -2.13. The molecule has 142 valence electrons. The maximum atomic E-state index is 11.9. The summed E-state index contributed by atoms with van der Waals surface area (Å²) in [4.78, 5) is 22.3. The van der Waals surface area contributed by atoms with Gasteiger partial charge in [-0.15, -0.1) is 0 Å². The first kappa shape index (κ1) is 21.8. The first-order valence-corrected chi connectivity index (χ1v) is 9.29. The van der Waals surface area contributed by atoms with Crippen molar-refractivity contribution in [2.45, 2.75) is 51.6 Å². The number of hydrogen-bond donors (Lipinski definition) is 2. The molecule has 4 heteroatoms. The lowest BCUT2D eigenvalue weighted by atomic mass is 9.90. The highest BCUT2D eigenvalue weighted by Gasteiger charge is 2.26. The first-order valence-electron chi connectivity index (χ1n) is 9.29. The van der Waals surface area contributed by atoms with E-state index in [1.165, 1.54) is 0 Å². The number of aliphatic hydroxyl groups excluding tert-OH is 1. The average Bonchev–Trinajstić information content (AvgIpc) is 2.95. The van der Waals surface area contributed by atoms with E-state index in [9.17, 15) is 14.7 Å². The Morgan fingerprint density at radius 1 is 1.19 bits per heavy atom. The Morgan fingerprint density at radius 2 is 1.96 bits per heavy atom. The van der Waals surface area contributed by atoms with E-state index < -0.39 is 12.1 Å². The van der Waals surface area contributed by atoms with Crippen LogP contribution >= 0.6 is 0 Å². The molecule has 4 nitrogen and oxygen atoms in total. The van der Waals surface area contributed by atoms with Crippen molar-refractivity contribution in [2.24, 2.45) is 11.8 Å². The van der Waals surface area contributed by atoms with Gasteiger partial charge in [0.15, 0.2) is 5.78 Å². The molecule has 2 N–H and O–H groups in total. The van der Waals surface area contributed by atoms with Crippen LogP contribution in [0.25, 0.3) is 0 Å². The number of aliphatic carboxylic acids is 1. The van der Waals surface area contributed by atoms with Crippen molar-refractivity contribution in [3.05, 3.63) is 60.8 Å². The van der Waals surface area contributed by atoms with E-state index in [1.807, 2.05) is 36.5 Å². The molecule has 1 rings (SSSR count). The van der Waals surface area contributed by atoms with Gasteiger partial charge in [0.05, 0.1) is 6.10 Å². The van der Waals surface area contributed by atoms with E-state index in [0.717, 1.165) is 19.3 Å². The zero-order valence-corrected chi connectivity index (χ0v) is 15.5. The fourth-order valence-electron chi connectivity index (χ4n) is 2.70. The van der Waals surface area contributed by atoms with Crippen LogP contribution in [0.3, 0.4) is 0 Å². The zero-order valence-electron chi connectivity index (χ0n) is 15.5. The molecule has 0 fully saturated rings. The first-order chi connectivity index (χ1) is 12.5. The summed E-state index contributed by atoms with van der Waals surface area (Å²) < 4.78 is 0. The molecule has 0 aliphatic heterocycles. The summed E-state index contributed by atoms with van der Waals surface area (Å²) in [7, 11) is 0. The van der Waals surface area contributed by atoms with Gasteiger partial charge in [-0.05, 0) is 38.2 Å². The Labute approximate surface area is 156 Å². The standard InChI is InChI=1S/C22H30O4/c1-2-3-8-12-20-18(15-17-21(20)24)14-16-19(23)11-9-6-4-5-7-10-13-22(25)26/h3,5-9,14-20,23H,2,4,10-13H2,1H3,(H,25,26)/b7-5-,8-3-,9-6-,16-14+/t18-,19-,20+/m1/s1. The van der Waals surface area contributed by atoms with Crippen molar-refractivity contribution in [1.29, 1.82) is 0 Å². The molecule has 1 aliphatic carbocycles. The molecule has 3 atom stereocenters. The number of hydrogen-bond acceptors (Lipinski definition) is 3. The van der Waals surface area contributed by atoms with Crippen molar-refractivity contribution in [2.75, 3.05) is 0 Å². The molecule has 0 amide bonds. The van der Waals surface area contributed by atoms with Gasteiger partial charge in [-0.3, -0.25) is 9.59 Å². The highest BCUT2D eigenvalue weighted by Crippen LogP contribution is 2.27. The summed E-state index contributed by atoms with van der Waals surface area (Å²) in [6.07, 6.45) is 22.1. The average molecular weight is 358 g/mol. The number of allylic oxidation sites excluding steroid dienone is 8. The monoisotopic (exact) mass is 358 g/mol. The lowest BCUT2D eigenvalue weighted by molar-refractivity contribution is -0.136. The fourth-order valence-corrected chi connectivity index (χ4v) is 2.70. The van der Waals surface area contributed by atoms with Crippen molar-refractivity contribution in [3.8, 4) is 0 Å². The van der Waals surface area contributed by atoms with Gasteiger partial charge in [-0.1, -0.05) is 61.6 Å². The molecule has 0 heterocycles. The lowest BCUT2D eigenvalue weighted by Crippen LogP contribution is -2.14. The Bertz CT molecular complexity index is 581. The molecule has 0 aromatic rings. The summed E-state index contributed by atoms with van der Waals surface area (Å²) in [5.74, 6) is -0.625. The number of aliphatic hydroxyl groups is 1. The molecule has 0 saturated carbocycles. The van der Waals surface area contributed by atoms with Crippen LogP contribution in [0.2, 0.25) is 0 Å². The summed E-state index contributed by atoms with van der Waals surface area (Å²) in [6, 6.07) is 0. The molecule has 1 aliphatic rings. The third-order valence-electron chi connectivity index (χ3n) is 4.17. The molecular weight excluding hydrogens is 328 g/mol. The molecular formula is C22H30O4. The van der Waals surface area contributed by atoms with Gasteiger partial charge in [0, 0.05) is 18.3 Å². The van der Waals surface area contributed by atoms with Gasteiger partial charge < -0.3 is 10.2 Å². The van der Waals surface area contributed by atoms with Crippen LogP contribution in [0.5, 0.6) is 0 Å². The maximum Gasteiger partial charge on any atom is 0.303 e. The van der Waals surface area contributed by atoms with E-state index in [1.54, 1.807) is 12.2 Å². The van der Waals surface area contributed by atoms with Crippen LogP contribution in [0.1, 0.15) is 45.4 Å². The minimum absolute atomic E-state index is 0.0484. The normalized spacial score (nSPS) is 21.8. The highest BCUT2D eigenvalue weighted by atomic mass is 16.4. The van der Waals surface area contributed by atoms with Crippen LogP contribution in [0.15, 0.2) is 60.8 Å². The van der Waals surface area contributed by atoms with Crippen molar-refractivity contribution in [1.82, 2.24) is 0 Å². The number of carboxylic acid groups (broad SMARTS) is 1. The minimum atomic E-state index is -0.789. The second kappa shape index (κ2) is 13.1. The third kappa shape index (κ3) is 9.33. The molecule has 26 heavy (non-hydrogen) atoms. The van der Waals surface area contributed by atoms with E-state index in [-0.39, 0.29) is 24.0 Å². The molecule has 0 radical (unpaired) electrons. The van der Waals surface area contributed by atoms with Crippen molar-refractivity contribution in [3.63, 3.8) is 0 Å². The molecule has 0 spiro atoms. The molecule has 0 unspecified atom stereocenters. The largest absolute Gasteiger partial charge is 0.481 e. The number of carboxylic acids is 1. The third-order valence-corrected chi connectivity index (χ3v) is 4.17. The summed E-state index contributed by atoms with van der Waals surface area (Å²) in [5.41, 5.74) is 0. The summed E-state index contributed by atoms with van der Waals surface area (Å²) in [6.45, 7) is 2.07. The smallest absolute Gasteiger partial charge is 0.303 e. The summed E-state index contributed by atoms with van der Waals surface area (Å²) in [5, 5.41) is 18.6. The second-order valence-electron chi connectivity index (χ2n) is 6.36. The topological polar surface area (TPSA) is 74.6 Å². The van der Waals surface area contributed by atoms with Crippen molar-refractivity contribution >= 4 is 11.8 Å². The Balaban J connectivity index is 2.32.